The second-order valence-corrected chi connectivity index (χ2v) is 3.47. The SMILES string of the molecule is O=C(O)c1cnn(-c2ccc3n[nH]c(=O)n3n2)c1. The summed E-state index contributed by atoms with van der Waals surface area (Å²) < 4.78 is 2.33. The highest BCUT2D eigenvalue weighted by Crippen LogP contribution is 2.05. The van der Waals surface area contributed by atoms with E-state index in [4.69, 9.17) is 5.11 Å². The highest BCUT2D eigenvalue weighted by Gasteiger charge is 2.09. The molecule has 0 unspecified atom stereocenters. The van der Waals surface area contributed by atoms with Crippen LogP contribution >= 0.6 is 0 Å². The van der Waals surface area contributed by atoms with Gasteiger partial charge in [-0.05, 0) is 12.1 Å². The third kappa shape index (κ3) is 1.45. The van der Waals surface area contributed by atoms with Gasteiger partial charge in [0, 0.05) is 6.20 Å². The maximum absolute atomic E-state index is 11.3. The van der Waals surface area contributed by atoms with Crippen molar-refractivity contribution in [2.45, 2.75) is 0 Å². The first-order valence-electron chi connectivity index (χ1n) is 4.88. The van der Waals surface area contributed by atoms with E-state index in [1.165, 1.54) is 17.1 Å². The van der Waals surface area contributed by atoms with Gasteiger partial charge in [0.1, 0.15) is 0 Å². The van der Waals surface area contributed by atoms with Gasteiger partial charge < -0.3 is 5.11 Å². The third-order valence-corrected chi connectivity index (χ3v) is 2.32. The molecule has 0 aliphatic heterocycles. The summed E-state index contributed by atoms with van der Waals surface area (Å²) in [4.78, 5) is 22.1. The highest BCUT2D eigenvalue weighted by molar-refractivity contribution is 5.86. The molecule has 3 aromatic heterocycles. The number of nitrogens with zero attached hydrogens (tertiary/aromatic N) is 5. The van der Waals surface area contributed by atoms with Gasteiger partial charge in [-0.3, -0.25) is 0 Å². The van der Waals surface area contributed by atoms with Crippen molar-refractivity contribution in [3.8, 4) is 5.82 Å². The van der Waals surface area contributed by atoms with Gasteiger partial charge in [0.15, 0.2) is 11.5 Å². The van der Waals surface area contributed by atoms with Crippen molar-refractivity contribution in [1.82, 2.24) is 29.6 Å². The van der Waals surface area contributed by atoms with Crippen LogP contribution in [0.2, 0.25) is 0 Å². The molecule has 0 radical (unpaired) electrons. The molecule has 3 rings (SSSR count). The second-order valence-electron chi connectivity index (χ2n) is 3.47. The zero-order chi connectivity index (χ0) is 12.7. The van der Waals surface area contributed by atoms with Crippen LogP contribution in [-0.4, -0.2) is 40.7 Å². The van der Waals surface area contributed by atoms with Crippen LogP contribution in [0.15, 0.2) is 29.3 Å². The van der Waals surface area contributed by atoms with Crippen LogP contribution in [0.4, 0.5) is 0 Å². The average Bonchev–Trinajstić information content (AvgIpc) is 2.96. The molecule has 0 atom stereocenters. The lowest BCUT2D eigenvalue weighted by molar-refractivity contribution is 0.0697. The molecule has 0 fully saturated rings. The minimum atomic E-state index is -1.08. The minimum absolute atomic E-state index is 0.0384. The van der Waals surface area contributed by atoms with Crippen molar-refractivity contribution in [3.63, 3.8) is 0 Å². The Labute approximate surface area is 98.3 Å². The Hall–Kier alpha value is -2.97. The Morgan fingerprint density at radius 3 is 2.94 bits per heavy atom. The van der Waals surface area contributed by atoms with Crippen molar-refractivity contribution in [3.05, 3.63) is 40.6 Å². The maximum atomic E-state index is 11.3. The number of carboxylic acids is 1. The van der Waals surface area contributed by atoms with Gasteiger partial charge >= 0.3 is 11.7 Å². The summed E-state index contributed by atoms with van der Waals surface area (Å²) >= 11 is 0. The Bertz CT molecular complexity index is 798. The van der Waals surface area contributed by atoms with Crippen molar-refractivity contribution < 1.29 is 9.90 Å². The number of rotatable bonds is 2. The summed E-state index contributed by atoms with van der Waals surface area (Å²) in [5.41, 5.74) is -0.0664. The Balaban J connectivity index is 2.15. The van der Waals surface area contributed by atoms with E-state index in [2.05, 4.69) is 20.4 Å². The average molecular weight is 246 g/mol. The fourth-order valence-corrected chi connectivity index (χ4v) is 1.47. The normalized spacial score (nSPS) is 10.9. The van der Waals surface area contributed by atoms with Crippen molar-refractivity contribution in [2.75, 3.05) is 0 Å². The molecule has 3 heterocycles. The smallest absolute Gasteiger partial charge is 0.364 e. The van der Waals surface area contributed by atoms with E-state index in [0.717, 1.165) is 4.52 Å². The largest absolute Gasteiger partial charge is 0.478 e. The highest BCUT2D eigenvalue weighted by atomic mass is 16.4. The first-order valence-corrected chi connectivity index (χ1v) is 4.88. The molecule has 18 heavy (non-hydrogen) atoms. The maximum Gasteiger partial charge on any atom is 0.364 e. The van der Waals surface area contributed by atoms with Crippen LogP contribution < -0.4 is 5.69 Å². The number of hydrogen-bond donors (Lipinski definition) is 2. The lowest BCUT2D eigenvalue weighted by Gasteiger charge is -1.98. The second kappa shape index (κ2) is 3.52. The Kier molecular flexibility index (Phi) is 1.99. The van der Waals surface area contributed by atoms with E-state index in [-0.39, 0.29) is 5.56 Å². The van der Waals surface area contributed by atoms with Crippen LogP contribution in [0, 0.1) is 0 Å². The summed E-state index contributed by atoms with van der Waals surface area (Å²) in [6.07, 6.45) is 2.51. The van der Waals surface area contributed by atoms with Gasteiger partial charge in [-0.15, -0.1) is 5.10 Å². The lowest BCUT2D eigenvalue weighted by Crippen LogP contribution is -2.14. The number of hydrogen-bond acceptors (Lipinski definition) is 5. The summed E-state index contributed by atoms with van der Waals surface area (Å²) in [6.45, 7) is 0. The standard InChI is InChI=1S/C9H6N6O3/c16-8(17)5-3-10-14(4-5)7-2-1-6-11-12-9(18)15(6)13-7/h1-4H,(H,12,18)(H,16,17). The number of aromatic nitrogens is 6. The molecule has 0 bridgehead atoms. The molecule has 2 N–H and O–H groups in total. The number of carbonyl (C=O) groups is 1. The number of carboxylic acid groups (broad SMARTS) is 1. The van der Waals surface area contributed by atoms with Crippen LogP contribution in [0.3, 0.4) is 0 Å². The molecule has 9 heteroatoms. The number of aromatic carboxylic acids is 1. The summed E-state index contributed by atoms with van der Waals surface area (Å²) in [7, 11) is 0. The number of nitrogens with one attached hydrogen (secondary N) is 1. The summed E-state index contributed by atoms with van der Waals surface area (Å²) in [6, 6.07) is 3.15. The van der Waals surface area contributed by atoms with Gasteiger partial charge in [0.25, 0.3) is 0 Å². The minimum Gasteiger partial charge on any atom is -0.478 e. The Morgan fingerprint density at radius 1 is 1.39 bits per heavy atom. The van der Waals surface area contributed by atoms with E-state index >= 15 is 0 Å². The molecule has 0 saturated carbocycles. The first-order chi connectivity index (χ1) is 8.65. The van der Waals surface area contributed by atoms with Gasteiger partial charge in [-0.25, -0.2) is 19.4 Å². The molecule has 0 aromatic carbocycles. The number of fused-ring (bicyclic) bond motifs is 1. The fraction of sp³-hybridized carbons (Fsp3) is 0. The van der Waals surface area contributed by atoms with Gasteiger partial charge in [-0.1, -0.05) is 0 Å². The third-order valence-electron chi connectivity index (χ3n) is 2.32. The molecular formula is C9H6N6O3. The lowest BCUT2D eigenvalue weighted by atomic mass is 10.4. The van der Waals surface area contributed by atoms with Crippen molar-refractivity contribution in [1.29, 1.82) is 0 Å². The van der Waals surface area contributed by atoms with Gasteiger partial charge in [-0.2, -0.15) is 14.7 Å². The molecule has 0 spiro atoms. The van der Waals surface area contributed by atoms with Crippen molar-refractivity contribution in [2.24, 2.45) is 0 Å². The van der Waals surface area contributed by atoms with Gasteiger partial charge in [0.05, 0.1) is 11.8 Å². The molecule has 9 nitrogen and oxygen atoms in total. The fourth-order valence-electron chi connectivity index (χ4n) is 1.47. The predicted molar refractivity (Wildman–Crippen MR) is 57.7 cm³/mol. The molecule has 3 aromatic rings. The molecule has 0 amide bonds. The summed E-state index contributed by atoms with van der Waals surface area (Å²) in [5.74, 6) is -0.763. The van der Waals surface area contributed by atoms with E-state index in [0.29, 0.717) is 11.5 Å². The van der Waals surface area contributed by atoms with Crippen LogP contribution in [0.5, 0.6) is 0 Å². The quantitative estimate of drug-likeness (QED) is 0.617. The molecule has 0 aliphatic rings. The van der Waals surface area contributed by atoms with E-state index in [1.807, 2.05) is 0 Å². The molecule has 90 valence electrons. The van der Waals surface area contributed by atoms with Crippen LogP contribution in [-0.2, 0) is 0 Å². The Morgan fingerprint density at radius 2 is 2.22 bits per heavy atom. The van der Waals surface area contributed by atoms with Gasteiger partial charge in [0.2, 0.25) is 0 Å². The van der Waals surface area contributed by atoms with E-state index in [1.54, 1.807) is 12.1 Å². The predicted octanol–water partition coefficient (Wildman–Crippen LogP) is -0.699. The van der Waals surface area contributed by atoms with Crippen LogP contribution in [0.25, 0.3) is 11.5 Å². The number of H-pyrrole nitrogens is 1. The van der Waals surface area contributed by atoms with E-state index < -0.39 is 11.7 Å². The first kappa shape index (κ1) is 10.2. The van der Waals surface area contributed by atoms with Crippen molar-refractivity contribution >= 4 is 11.6 Å². The van der Waals surface area contributed by atoms with E-state index in [9.17, 15) is 9.59 Å². The zero-order valence-electron chi connectivity index (χ0n) is 8.81. The number of aromatic amines is 1. The molecule has 0 saturated heterocycles. The topological polar surface area (TPSA) is 118 Å². The van der Waals surface area contributed by atoms with Crippen LogP contribution in [0.1, 0.15) is 10.4 Å². The zero-order valence-corrected chi connectivity index (χ0v) is 8.81. The summed E-state index contributed by atoms with van der Waals surface area (Å²) in [5, 5.41) is 22.6. The molecule has 0 aliphatic carbocycles. The monoisotopic (exact) mass is 246 g/mol. The molecular weight excluding hydrogens is 240 g/mol.